The van der Waals surface area contributed by atoms with Crippen LogP contribution >= 0.6 is 0 Å². The zero-order valence-electron chi connectivity index (χ0n) is 9.88. The predicted molar refractivity (Wildman–Crippen MR) is 63.7 cm³/mol. The maximum Gasteiger partial charge on any atom is 0.269 e. The third-order valence-corrected chi connectivity index (χ3v) is 2.21. The molecular weight excluding hydrogens is 234 g/mol. The van der Waals surface area contributed by atoms with Gasteiger partial charge in [-0.05, 0) is 12.1 Å². The molecule has 0 aliphatic rings. The summed E-state index contributed by atoms with van der Waals surface area (Å²) in [5, 5.41) is 6.43. The van der Waals surface area contributed by atoms with Crippen LogP contribution in [0.25, 0.3) is 0 Å². The lowest BCUT2D eigenvalue weighted by Crippen LogP contribution is -2.26. The largest absolute Gasteiger partial charge is 0.384 e. The maximum atomic E-state index is 11.7. The summed E-state index contributed by atoms with van der Waals surface area (Å²) in [6.45, 7) is 2.13. The Kier molecular flexibility index (Phi) is 3.52. The zero-order valence-corrected chi connectivity index (χ0v) is 9.88. The van der Waals surface area contributed by atoms with Crippen LogP contribution in [-0.4, -0.2) is 27.6 Å². The second kappa shape index (κ2) is 5.26. The van der Waals surface area contributed by atoms with Gasteiger partial charge >= 0.3 is 0 Å². The number of aryl methyl sites for hydroxylation is 1. The highest BCUT2D eigenvalue weighted by Crippen LogP contribution is 2.00. The molecule has 0 bridgehead atoms. The minimum atomic E-state index is -0.275. The van der Waals surface area contributed by atoms with Gasteiger partial charge in [-0.3, -0.25) is 4.79 Å². The summed E-state index contributed by atoms with van der Waals surface area (Å²) in [6, 6.07) is 4.91. The van der Waals surface area contributed by atoms with Crippen LogP contribution in [0.5, 0.6) is 0 Å². The van der Waals surface area contributed by atoms with Gasteiger partial charge in [0.05, 0.1) is 0 Å². The van der Waals surface area contributed by atoms with Crippen LogP contribution < -0.4 is 11.1 Å². The van der Waals surface area contributed by atoms with Gasteiger partial charge in [-0.25, -0.2) is 4.98 Å². The molecule has 18 heavy (non-hydrogen) atoms. The molecule has 0 aromatic carbocycles. The number of aromatic nitrogens is 3. The minimum Gasteiger partial charge on any atom is -0.384 e. The van der Waals surface area contributed by atoms with Crippen molar-refractivity contribution in [1.29, 1.82) is 0 Å². The number of carbonyl (C=O) groups excluding carboxylic acids is 1. The van der Waals surface area contributed by atoms with E-state index >= 15 is 0 Å². The van der Waals surface area contributed by atoms with Crippen molar-refractivity contribution in [2.45, 2.75) is 13.3 Å². The fourth-order valence-corrected chi connectivity index (χ4v) is 1.40. The van der Waals surface area contributed by atoms with Gasteiger partial charge in [-0.2, -0.15) is 4.98 Å². The molecule has 7 nitrogen and oxygen atoms in total. The Balaban J connectivity index is 1.85. The second-order valence-electron chi connectivity index (χ2n) is 3.68. The van der Waals surface area contributed by atoms with Gasteiger partial charge in [0.1, 0.15) is 11.5 Å². The fourth-order valence-electron chi connectivity index (χ4n) is 1.40. The topological polar surface area (TPSA) is 107 Å². The molecule has 1 amide bonds. The van der Waals surface area contributed by atoms with E-state index in [0.717, 1.165) is 0 Å². The molecule has 2 aromatic heterocycles. The summed E-state index contributed by atoms with van der Waals surface area (Å²) in [5.74, 6) is 1.11. The number of pyridine rings is 1. The number of hydrogen-bond acceptors (Lipinski definition) is 6. The number of anilines is 1. The van der Waals surface area contributed by atoms with Crippen LogP contribution in [0.1, 0.15) is 22.2 Å². The summed E-state index contributed by atoms with van der Waals surface area (Å²) in [4.78, 5) is 19.6. The lowest BCUT2D eigenvalue weighted by molar-refractivity contribution is 0.0949. The monoisotopic (exact) mass is 247 g/mol. The Morgan fingerprint density at radius 1 is 1.44 bits per heavy atom. The molecule has 0 atom stereocenters. The number of amides is 1. The molecule has 2 heterocycles. The van der Waals surface area contributed by atoms with E-state index in [1.165, 1.54) is 0 Å². The van der Waals surface area contributed by atoms with Crippen LogP contribution in [0.2, 0.25) is 0 Å². The number of nitrogens with zero attached hydrogens (tertiary/aromatic N) is 3. The molecule has 2 rings (SSSR count). The number of nitrogens with one attached hydrogen (secondary N) is 1. The average Bonchev–Trinajstić information content (AvgIpc) is 2.75. The van der Waals surface area contributed by atoms with Gasteiger partial charge in [0.15, 0.2) is 5.82 Å². The number of nitrogen functional groups attached to an aromatic ring is 1. The Morgan fingerprint density at radius 2 is 2.28 bits per heavy atom. The maximum absolute atomic E-state index is 11.7. The van der Waals surface area contributed by atoms with Crippen LogP contribution in [-0.2, 0) is 6.42 Å². The molecule has 0 radical (unpaired) electrons. The SMILES string of the molecule is Cc1nc(CCNC(=O)c2cccc(N)n2)no1. The van der Waals surface area contributed by atoms with Crippen molar-refractivity contribution in [3.63, 3.8) is 0 Å². The highest BCUT2D eigenvalue weighted by molar-refractivity contribution is 5.92. The molecule has 3 N–H and O–H groups in total. The van der Waals surface area contributed by atoms with Gasteiger partial charge in [0.25, 0.3) is 5.91 Å². The van der Waals surface area contributed by atoms with Crippen molar-refractivity contribution in [2.24, 2.45) is 0 Å². The summed E-state index contributed by atoms with van der Waals surface area (Å²) >= 11 is 0. The van der Waals surface area contributed by atoms with Gasteiger partial charge in [0, 0.05) is 19.9 Å². The van der Waals surface area contributed by atoms with E-state index in [-0.39, 0.29) is 5.91 Å². The van der Waals surface area contributed by atoms with Crippen molar-refractivity contribution in [3.8, 4) is 0 Å². The first kappa shape index (κ1) is 12.0. The Bertz CT molecular complexity index is 552. The van der Waals surface area contributed by atoms with Crippen LogP contribution in [0.4, 0.5) is 5.82 Å². The van der Waals surface area contributed by atoms with Crippen LogP contribution in [0.15, 0.2) is 22.7 Å². The molecule has 0 aliphatic carbocycles. The van der Waals surface area contributed by atoms with E-state index in [9.17, 15) is 4.79 Å². The lowest BCUT2D eigenvalue weighted by Gasteiger charge is -2.03. The molecule has 0 spiro atoms. The quantitative estimate of drug-likeness (QED) is 0.806. The Morgan fingerprint density at radius 3 is 2.94 bits per heavy atom. The van der Waals surface area contributed by atoms with Gasteiger partial charge in [0.2, 0.25) is 5.89 Å². The number of carbonyl (C=O) groups is 1. The third kappa shape index (κ3) is 3.03. The molecule has 7 heteroatoms. The van der Waals surface area contributed by atoms with Crippen molar-refractivity contribution >= 4 is 11.7 Å². The van der Waals surface area contributed by atoms with Crippen LogP contribution in [0, 0.1) is 6.92 Å². The molecule has 94 valence electrons. The standard InChI is InChI=1S/C11H13N5O2/c1-7-14-10(16-18-7)5-6-13-11(17)8-3-2-4-9(12)15-8/h2-4H,5-6H2,1H3,(H2,12,15)(H,13,17). The van der Waals surface area contributed by atoms with Crippen molar-refractivity contribution in [1.82, 2.24) is 20.4 Å². The summed E-state index contributed by atoms with van der Waals surface area (Å²) in [5.41, 5.74) is 5.79. The average molecular weight is 247 g/mol. The first-order chi connectivity index (χ1) is 8.65. The zero-order chi connectivity index (χ0) is 13.0. The van der Waals surface area contributed by atoms with Gasteiger partial charge in [-0.15, -0.1) is 0 Å². The summed E-state index contributed by atoms with van der Waals surface area (Å²) < 4.78 is 4.82. The molecule has 0 saturated carbocycles. The summed E-state index contributed by atoms with van der Waals surface area (Å²) in [7, 11) is 0. The smallest absolute Gasteiger partial charge is 0.269 e. The Labute approximate surface area is 103 Å². The Hall–Kier alpha value is -2.44. The number of nitrogens with two attached hydrogens (primary N) is 1. The highest BCUT2D eigenvalue weighted by atomic mass is 16.5. The molecule has 0 saturated heterocycles. The third-order valence-electron chi connectivity index (χ3n) is 2.21. The van der Waals surface area contributed by atoms with E-state index in [0.29, 0.717) is 36.2 Å². The summed E-state index contributed by atoms with van der Waals surface area (Å²) in [6.07, 6.45) is 0.505. The predicted octanol–water partition coefficient (Wildman–Crippen LogP) is 0.328. The first-order valence-electron chi connectivity index (χ1n) is 5.45. The van der Waals surface area contributed by atoms with Crippen molar-refractivity contribution in [2.75, 3.05) is 12.3 Å². The van der Waals surface area contributed by atoms with Crippen molar-refractivity contribution < 1.29 is 9.32 Å². The first-order valence-corrected chi connectivity index (χ1v) is 5.45. The number of hydrogen-bond donors (Lipinski definition) is 2. The van der Waals surface area contributed by atoms with E-state index < -0.39 is 0 Å². The van der Waals surface area contributed by atoms with E-state index in [2.05, 4.69) is 20.4 Å². The normalized spacial score (nSPS) is 10.3. The lowest BCUT2D eigenvalue weighted by atomic mass is 10.3. The van der Waals surface area contributed by atoms with E-state index in [4.69, 9.17) is 10.3 Å². The molecule has 0 fully saturated rings. The van der Waals surface area contributed by atoms with Crippen molar-refractivity contribution in [3.05, 3.63) is 35.6 Å². The van der Waals surface area contributed by atoms with Gasteiger partial charge < -0.3 is 15.6 Å². The second-order valence-corrected chi connectivity index (χ2v) is 3.68. The van der Waals surface area contributed by atoms with E-state index in [1.807, 2.05) is 0 Å². The minimum absolute atomic E-state index is 0.275. The highest BCUT2D eigenvalue weighted by Gasteiger charge is 2.08. The molecule has 0 aliphatic heterocycles. The fraction of sp³-hybridized carbons (Fsp3) is 0.273. The molecule has 0 unspecified atom stereocenters. The van der Waals surface area contributed by atoms with Gasteiger partial charge in [-0.1, -0.05) is 11.2 Å². The van der Waals surface area contributed by atoms with E-state index in [1.54, 1.807) is 25.1 Å². The van der Waals surface area contributed by atoms with Crippen LogP contribution in [0.3, 0.4) is 0 Å². The number of rotatable bonds is 4. The molecular formula is C11H13N5O2. The molecule has 2 aromatic rings.